The smallest absolute Gasteiger partial charge is 0.235 e. The summed E-state index contributed by atoms with van der Waals surface area (Å²) in [6.45, 7) is 4.30. The minimum Gasteiger partial charge on any atom is -0.507 e. The van der Waals surface area contributed by atoms with Gasteiger partial charge in [0, 0.05) is 23.6 Å². The molecule has 4 N–H and O–H groups in total. The average Bonchev–Trinajstić information content (AvgIpc) is 2.94. The summed E-state index contributed by atoms with van der Waals surface area (Å²) in [4.78, 5) is 70.9. The van der Waals surface area contributed by atoms with E-state index in [4.69, 9.17) is 5.73 Å². The maximum Gasteiger partial charge on any atom is 0.235 e. The predicted molar refractivity (Wildman–Crippen MR) is 149 cm³/mol. The van der Waals surface area contributed by atoms with Crippen LogP contribution in [0.15, 0.2) is 6.07 Å². The number of nitrogens with zero attached hydrogens (tertiary/aromatic N) is 2. The van der Waals surface area contributed by atoms with Gasteiger partial charge in [-0.3, -0.25) is 33.8 Å². The molecule has 1 aromatic rings. The molecule has 1 aromatic carbocycles. The number of aromatic hydroxyl groups is 1. The van der Waals surface area contributed by atoms with Gasteiger partial charge in [-0.05, 0) is 70.8 Å². The third kappa shape index (κ3) is 4.79. The number of rotatable bonds is 8. The van der Waals surface area contributed by atoms with Crippen LogP contribution >= 0.6 is 0 Å². The monoisotopic (exact) mass is 585 g/mol. The highest BCUT2D eigenvalue weighted by atomic mass is 19.1. The van der Waals surface area contributed by atoms with Crippen molar-refractivity contribution in [3.8, 4) is 5.75 Å². The quantitative estimate of drug-likeness (QED) is 0.304. The van der Waals surface area contributed by atoms with E-state index in [1.807, 2.05) is 6.92 Å². The maximum atomic E-state index is 16.0. The van der Waals surface area contributed by atoms with Gasteiger partial charge in [0.1, 0.15) is 11.6 Å². The summed E-state index contributed by atoms with van der Waals surface area (Å²) in [7, 11) is 1.63. The van der Waals surface area contributed by atoms with Crippen LogP contribution in [0.4, 0.5) is 4.39 Å². The summed E-state index contributed by atoms with van der Waals surface area (Å²) in [5, 5.41) is 22.7. The Morgan fingerprint density at radius 3 is 2.48 bits per heavy atom. The molecule has 10 nitrogen and oxygen atoms in total. The van der Waals surface area contributed by atoms with Gasteiger partial charge in [0.2, 0.25) is 5.91 Å². The maximum absolute atomic E-state index is 16.0. The molecule has 3 fully saturated rings. The number of benzene rings is 1. The fourth-order valence-corrected chi connectivity index (χ4v) is 7.84. The first-order chi connectivity index (χ1) is 19.9. The van der Waals surface area contributed by atoms with E-state index in [1.54, 1.807) is 11.9 Å². The number of Topliss-reactive ketones (excluding diaryl/α,β-unsaturated/α-hetero) is 4. The van der Waals surface area contributed by atoms with Gasteiger partial charge in [-0.25, -0.2) is 4.39 Å². The lowest BCUT2D eigenvalue weighted by Gasteiger charge is -2.53. The molecule has 1 aliphatic heterocycles. The van der Waals surface area contributed by atoms with Crippen molar-refractivity contribution in [3.05, 3.63) is 28.6 Å². The number of amides is 1. The van der Waals surface area contributed by atoms with Gasteiger partial charge in [-0.2, -0.15) is 0 Å². The number of halogens is 1. The van der Waals surface area contributed by atoms with Crippen molar-refractivity contribution in [1.82, 2.24) is 9.80 Å². The first-order valence-corrected chi connectivity index (χ1v) is 15.1. The number of aliphatic hydroxyl groups is 1. The molecule has 3 aliphatic carbocycles. The zero-order valence-corrected chi connectivity index (χ0v) is 24.2. The van der Waals surface area contributed by atoms with E-state index in [0.717, 1.165) is 45.2 Å². The van der Waals surface area contributed by atoms with Gasteiger partial charge in [-0.15, -0.1) is 0 Å². The second-order valence-corrected chi connectivity index (χ2v) is 12.6. The number of hydrogen-bond acceptors (Lipinski definition) is 9. The molecule has 6 unspecified atom stereocenters. The van der Waals surface area contributed by atoms with E-state index in [9.17, 15) is 34.2 Å². The Balaban J connectivity index is 1.54. The van der Waals surface area contributed by atoms with Crippen molar-refractivity contribution >= 4 is 29.0 Å². The van der Waals surface area contributed by atoms with E-state index in [1.165, 1.54) is 6.07 Å². The Bertz CT molecular complexity index is 1330. The van der Waals surface area contributed by atoms with Crippen LogP contribution in [0.25, 0.3) is 0 Å². The van der Waals surface area contributed by atoms with Gasteiger partial charge in [0.25, 0.3) is 0 Å². The number of carbonyl (C=O) groups excluding carboxylic acids is 5. The second kappa shape index (κ2) is 11.6. The van der Waals surface area contributed by atoms with Crippen molar-refractivity contribution in [2.24, 2.45) is 29.4 Å². The SMILES string of the molecule is CCCCCN(C)C1C(=O)C(C(N)=O)C(=O)C2(O)C(=O)C3C(=O)c4c(O)cc(CN5CCCCC5)c(F)c4CC3CC12. The van der Waals surface area contributed by atoms with E-state index < -0.39 is 75.9 Å². The summed E-state index contributed by atoms with van der Waals surface area (Å²) >= 11 is 0. The summed E-state index contributed by atoms with van der Waals surface area (Å²) in [5.74, 6) is -12.0. The first kappa shape index (κ1) is 30.4. The number of nitrogens with two attached hydrogens (primary N) is 1. The number of hydrogen-bond donors (Lipinski definition) is 3. The second-order valence-electron chi connectivity index (χ2n) is 12.6. The standard InChI is InChI=1S/C31H40FN3O7/c1-3-4-6-9-34(2)25-19-13-16-12-18-22(20(36)14-17(24(18)32)15-35-10-7-5-8-11-35)26(37)21(16)28(39)31(19,42)29(40)23(27(25)38)30(33)41/h14,16,19,21,23,25,36,42H,3-13,15H2,1-2H3,(H2,33,41). The van der Waals surface area contributed by atoms with Crippen LogP contribution < -0.4 is 5.73 Å². The summed E-state index contributed by atoms with van der Waals surface area (Å²) < 4.78 is 16.0. The molecule has 2 saturated carbocycles. The topological polar surface area (TPSA) is 158 Å². The molecule has 0 spiro atoms. The Hall–Kier alpha value is -3.02. The number of unbranched alkanes of at least 4 members (excludes halogenated alkanes) is 2. The lowest BCUT2D eigenvalue weighted by molar-refractivity contribution is -0.181. The molecule has 1 heterocycles. The normalized spacial score (nSPS) is 31.6. The zero-order valence-electron chi connectivity index (χ0n) is 24.2. The van der Waals surface area contributed by atoms with Crippen LogP contribution in [0, 0.1) is 29.5 Å². The van der Waals surface area contributed by atoms with E-state index >= 15 is 4.39 Å². The number of piperidine rings is 1. The lowest BCUT2D eigenvalue weighted by Crippen LogP contribution is -2.74. The lowest BCUT2D eigenvalue weighted by atomic mass is 9.52. The summed E-state index contributed by atoms with van der Waals surface area (Å²) in [5.41, 5.74) is 2.60. The number of carbonyl (C=O) groups is 5. The van der Waals surface area contributed by atoms with Gasteiger partial charge >= 0.3 is 0 Å². The molecule has 0 radical (unpaired) electrons. The molecule has 0 bridgehead atoms. The molecule has 4 aliphatic rings. The number of phenols is 1. The number of fused-ring (bicyclic) bond motifs is 3. The highest BCUT2D eigenvalue weighted by molar-refractivity contribution is 6.32. The number of phenolic OH excluding ortho intramolecular Hbond substituents is 1. The van der Waals surface area contributed by atoms with Crippen LogP contribution in [-0.4, -0.2) is 87.4 Å². The van der Waals surface area contributed by atoms with Gasteiger partial charge in [0.05, 0.1) is 17.5 Å². The highest BCUT2D eigenvalue weighted by Crippen LogP contribution is 2.51. The Morgan fingerprint density at radius 1 is 1.14 bits per heavy atom. The van der Waals surface area contributed by atoms with Crippen LogP contribution in [0.2, 0.25) is 0 Å². The van der Waals surface area contributed by atoms with Crippen molar-refractivity contribution in [2.75, 3.05) is 26.7 Å². The van der Waals surface area contributed by atoms with Crippen molar-refractivity contribution in [2.45, 2.75) is 76.5 Å². The van der Waals surface area contributed by atoms with E-state index in [2.05, 4.69) is 4.90 Å². The van der Waals surface area contributed by atoms with Crippen LogP contribution in [0.1, 0.15) is 73.4 Å². The Kier molecular flexibility index (Phi) is 8.39. The number of likely N-dealkylation sites (tertiary alicyclic amines) is 1. The molecular formula is C31H40FN3O7. The highest BCUT2D eigenvalue weighted by Gasteiger charge is 2.69. The number of likely N-dealkylation sites (N-methyl/N-ethyl adjacent to an activating group) is 1. The Labute approximate surface area is 244 Å². The van der Waals surface area contributed by atoms with Gasteiger partial charge in [-0.1, -0.05) is 26.2 Å². The first-order valence-electron chi connectivity index (χ1n) is 15.1. The molecule has 42 heavy (non-hydrogen) atoms. The third-order valence-corrected chi connectivity index (χ3v) is 9.95. The molecule has 11 heteroatoms. The van der Waals surface area contributed by atoms with Crippen molar-refractivity contribution in [1.29, 1.82) is 0 Å². The zero-order chi connectivity index (χ0) is 30.5. The van der Waals surface area contributed by atoms with Gasteiger partial charge in [0.15, 0.2) is 34.7 Å². The fraction of sp³-hybridized carbons (Fsp3) is 0.645. The molecule has 5 rings (SSSR count). The molecular weight excluding hydrogens is 545 g/mol. The van der Waals surface area contributed by atoms with Crippen molar-refractivity contribution in [3.63, 3.8) is 0 Å². The largest absolute Gasteiger partial charge is 0.507 e. The van der Waals surface area contributed by atoms with E-state index in [-0.39, 0.29) is 36.1 Å². The molecule has 228 valence electrons. The van der Waals surface area contributed by atoms with Crippen LogP contribution in [0.5, 0.6) is 5.75 Å². The summed E-state index contributed by atoms with van der Waals surface area (Å²) in [6, 6.07) is 0.0489. The summed E-state index contributed by atoms with van der Waals surface area (Å²) in [6.07, 6.45) is 5.39. The average molecular weight is 586 g/mol. The third-order valence-electron chi connectivity index (χ3n) is 9.95. The molecule has 1 amide bonds. The molecule has 6 atom stereocenters. The molecule has 0 aromatic heterocycles. The van der Waals surface area contributed by atoms with Crippen LogP contribution in [-0.2, 0) is 32.1 Å². The minimum atomic E-state index is -2.80. The number of ketones is 4. The number of primary amides is 1. The van der Waals surface area contributed by atoms with Crippen molar-refractivity contribution < 1.29 is 38.6 Å². The van der Waals surface area contributed by atoms with Crippen LogP contribution in [0.3, 0.4) is 0 Å². The van der Waals surface area contributed by atoms with Gasteiger partial charge < -0.3 is 15.9 Å². The minimum absolute atomic E-state index is 0.0165. The Morgan fingerprint density at radius 2 is 1.83 bits per heavy atom. The van der Waals surface area contributed by atoms with E-state index in [0.29, 0.717) is 13.0 Å². The fourth-order valence-electron chi connectivity index (χ4n) is 7.84. The predicted octanol–water partition coefficient (Wildman–Crippen LogP) is 1.55. The molecule has 1 saturated heterocycles.